The Labute approximate surface area is 157 Å². The average Bonchev–Trinajstić information content (AvgIpc) is 2.60. The molecule has 5 nitrogen and oxygen atoms in total. The lowest BCUT2D eigenvalue weighted by Crippen LogP contribution is -2.38. The number of hydrogen-bond donors (Lipinski definition) is 2. The molecule has 1 atom stereocenters. The molecule has 0 amide bonds. The molecule has 0 spiro atoms. The van der Waals surface area contributed by atoms with Crippen molar-refractivity contribution >= 4 is 17.7 Å². The maximum absolute atomic E-state index is 5.72. The molecule has 0 aliphatic heterocycles. The van der Waals surface area contributed by atoms with Crippen LogP contribution >= 0.6 is 11.8 Å². The molecule has 1 aromatic carbocycles. The zero-order chi connectivity index (χ0) is 18.5. The summed E-state index contributed by atoms with van der Waals surface area (Å²) >= 11 is 1.85. The Hall–Kier alpha value is -1.56. The van der Waals surface area contributed by atoms with Crippen molar-refractivity contribution < 1.29 is 9.47 Å². The second-order valence-electron chi connectivity index (χ2n) is 5.55. The van der Waals surface area contributed by atoms with Crippen LogP contribution in [-0.2, 0) is 0 Å². The number of guanidine groups is 1. The SMILES string of the molecule is CCNC(=NCCCSC)NC(C)c1ccc(OCC)c(OCC)c1. The minimum Gasteiger partial charge on any atom is -0.490 e. The van der Waals surface area contributed by atoms with Gasteiger partial charge in [-0.15, -0.1) is 0 Å². The summed E-state index contributed by atoms with van der Waals surface area (Å²) < 4.78 is 11.4. The molecule has 2 N–H and O–H groups in total. The second-order valence-corrected chi connectivity index (χ2v) is 6.53. The number of nitrogens with one attached hydrogen (secondary N) is 2. The van der Waals surface area contributed by atoms with Gasteiger partial charge in [-0.3, -0.25) is 4.99 Å². The normalized spacial score (nSPS) is 12.6. The fourth-order valence-electron chi connectivity index (χ4n) is 2.35. The van der Waals surface area contributed by atoms with Crippen LogP contribution in [0.15, 0.2) is 23.2 Å². The maximum Gasteiger partial charge on any atom is 0.191 e. The van der Waals surface area contributed by atoms with Crippen molar-refractivity contribution in [2.24, 2.45) is 4.99 Å². The number of aliphatic imine (C=N–C) groups is 1. The second kappa shape index (κ2) is 12.8. The third kappa shape index (κ3) is 7.90. The summed E-state index contributed by atoms with van der Waals surface area (Å²) in [5.41, 5.74) is 1.14. The Morgan fingerprint density at radius 3 is 2.52 bits per heavy atom. The van der Waals surface area contributed by atoms with Crippen LogP contribution in [0.1, 0.15) is 45.7 Å². The van der Waals surface area contributed by atoms with Crippen molar-refractivity contribution in [1.29, 1.82) is 0 Å². The summed E-state index contributed by atoms with van der Waals surface area (Å²) in [7, 11) is 0. The molecule has 0 fully saturated rings. The van der Waals surface area contributed by atoms with E-state index in [1.54, 1.807) is 0 Å². The highest BCUT2D eigenvalue weighted by molar-refractivity contribution is 7.98. The topological polar surface area (TPSA) is 54.9 Å². The monoisotopic (exact) mass is 367 g/mol. The quantitative estimate of drug-likeness (QED) is 0.353. The summed E-state index contributed by atoms with van der Waals surface area (Å²) in [4.78, 5) is 4.65. The van der Waals surface area contributed by atoms with Gasteiger partial charge in [0.15, 0.2) is 17.5 Å². The molecule has 0 aromatic heterocycles. The molecular weight excluding hydrogens is 334 g/mol. The molecule has 0 aliphatic rings. The first-order valence-corrected chi connectivity index (χ1v) is 10.5. The zero-order valence-electron chi connectivity index (χ0n) is 16.2. The zero-order valence-corrected chi connectivity index (χ0v) is 17.0. The fourth-order valence-corrected chi connectivity index (χ4v) is 2.76. The van der Waals surface area contributed by atoms with Gasteiger partial charge in [-0.1, -0.05) is 6.07 Å². The van der Waals surface area contributed by atoms with Gasteiger partial charge in [0.2, 0.25) is 0 Å². The molecule has 142 valence electrons. The number of benzene rings is 1. The fraction of sp³-hybridized carbons (Fsp3) is 0.632. The molecule has 0 saturated carbocycles. The van der Waals surface area contributed by atoms with E-state index >= 15 is 0 Å². The number of thioether (sulfide) groups is 1. The molecule has 0 aliphatic carbocycles. The molecule has 25 heavy (non-hydrogen) atoms. The summed E-state index contributed by atoms with van der Waals surface area (Å²) in [5.74, 6) is 3.56. The summed E-state index contributed by atoms with van der Waals surface area (Å²) in [6, 6.07) is 6.21. The van der Waals surface area contributed by atoms with E-state index in [4.69, 9.17) is 9.47 Å². The van der Waals surface area contributed by atoms with E-state index in [1.165, 1.54) is 0 Å². The lowest BCUT2D eigenvalue weighted by Gasteiger charge is -2.20. The highest BCUT2D eigenvalue weighted by atomic mass is 32.2. The summed E-state index contributed by atoms with van der Waals surface area (Å²) in [6.07, 6.45) is 3.21. The van der Waals surface area contributed by atoms with E-state index in [1.807, 2.05) is 37.7 Å². The lowest BCUT2D eigenvalue weighted by molar-refractivity contribution is 0.287. The number of hydrogen-bond acceptors (Lipinski definition) is 4. The van der Waals surface area contributed by atoms with Crippen LogP contribution in [0, 0.1) is 0 Å². The smallest absolute Gasteiger partial charge is 0.191 e. The van der Waals surface area contributed by atoms with Gasteiger partial charge in [0.05, 0.1) is 19.3 Å². The molecule has 0 bridgehead atoms. The van der Waals surface area contributed by atoms with Crippen molar-refractivity contribution in [1.82, 2.24) is 10.6 Å². The standard InChI is InChI=1S/C19H33N3O2S/c1-6-20-19(21-12-9-13-25-5)22-15(4)16-10-11-17(23-7-2)18(14-16)24-8-3/h10-11,14-15H,6-9,12-13H2,1-5H3,(H2,20,21,22). The molecule has 1 unspecified atom stereocenters. The van der Waals surface area contributed by atoms with Gasteiger partial charge < -0.3 is 20.1 Å². The third-order valence-corrected chi connectivity index (χ3v) is 4.24. The Morgan fingerprint density at radius 2 is 1.88 bits per heavy atom. The van der Waals surface area contributed by atoms with E-state index in [-0.39, 0.29) is 6.04 Å². The summed E-state index contributed by atoms with van der Waals surface area (Å²) in [5, 5.41) is 6.78. The van der Waals surface area contributed by atoms with Crippen molar-refractivity contribution in [2.45, 2.75) is 40.2 Å². The van der Waals surface area contributed by atoms with Gasteiger partial charge in [0.25, 0.3) is 0 Å². The molecular formula is C19H33N3O2S. The highest BCUT2D eigenvalue weighted by Crippen LogP contribution is 2.30. The minimum atomic E-state index is 0.119. The Kier molecular flexibility index (Phi) is 11.0. The predicted molar refractivity (Wildman–Crippen MR) is 109 cm³/mol. The van der Waals surface area contributed by atoms with E-state index in [9.17, 15) is 0 Å². The van der Waals surface area contributed by atoms with Crippen LogP contribution in [0.2, 0.25) is 0 Å². The van der Waals surface area contributed by atoms with Crippen molar-refractivity contribution in [2.75, 3.05) is 38.3 Å². The average molecular weight is 368 g/mol. The molecule has 6 heteroatoms. The van der Waals surface area contributed by atoms with Crippen molar-refractivity contribution in [3.63, 3.8) is 0 Å². The summed E-state index contributed by atoms with van der Waals surface area (Å²) in [6.45, 7) is 11.1. The van der Waals surface area contributed by atoms with Gasteiger partial charge >= 0.3 is 0 Å². The van der Waals surface area contributed by atoms with E-state index in [0.717, 1.165) is 48.3 Å². The van der Waals surface area contributed by atoms with Crippen LogP contribution < -0.4 is 20.1 Å². The lowest BCUT2D eigenvalue weighted by atomic mass is 10.1. The Morgan fingerprint density at radius 1 is 1.16 bits per heavy atom. The Bertz CT molecular complexity index is 523. The molecule has 1 rings (SSSR count). The highest BCUT2D eigenvalue weighted by Gasteiger charge is 2.12. The van der Waals surface area contributed by atoms with E-state index in [0.29, 0.717) is 13.2 Å². The largest absolute Gasteiger partial charge is 0.490 e. The van der Waals surface area contributed by atoms with Crippen LogP contribution in [0.5, 0.6) is 11.5 Å². The Balaban J connectivity index is 2.81. The molecule has 0 heterocycles. The number of ether oxygens (including phenoxy) is 2. The molecule has 1 aromatic rings. The van der Waals surface area contributed by atoms with E-state index < -0.39 is 0 Å². The molecule has 0 saturated heterocycles. The van der Waals surface area contributed by atoms with Crippen molar-refractivity contribution in [3.05, 3.63) is 23.8 Å². The minimum absolute atomic E-state index is 0.119. The van der Waals surface area contributed by atoms with Gasteiger partial charge in [0.1, 0.15) is 0 Å². The maximum atomic E-state index is 5.72. The van der Waals surface area contributed by atoms with Gasteiger partial charge in [0, 0.05) is 13.1 Å². The van der Waals surface area contributed by atoms with Crippen LogP contribution in [0.3, 0.4) is 0 Å². The van der Waals surface area contributed by atoms with Crippen molar-refractivity contribution in [3.8, 4) is 11.5 Å². The first-order chi connectivity index (χ1) is 12.2. The van der Waals surface area contributed by atoms with Gasteiger partial charge in [-0.2, -0.15) is 11.8 Å². The molecule has 0 radical (unpaired) electrons. The van der Waals surface area contributed by atoms with E-state index in [2.05, 4.69) is 41.8 Å². The van der Waals surface area contributed by atoms with Gasteiger partial charge in [-0.25, -0.2) is 0 Å². The third-order valence-electron chi connectivity index (χ3n) is 3.54. The van der Waals surface area contributed by atoms with Gasteiger partial charge in [-0.05, 0) is 63.8 Å². The first kappa shape index (κ1) is 21.5. The number of rotatable bonds is 11. The first-order valence-electron chi connectivity index (χ1n) is 9.09. The predicted octanol–water partition coefficient (Wildman–Crippen LogP) is 3.85. The number of nitrogens with zero attached hydrogens (tertiary/aromatic N) is 1. The van der Waals surface area contributed by atoms with Crippen LogP contribution in [0.4, 0.5) is 0 Å². The van der Waals surface area contributed by atoms with Crippen LogP contribution in [-0.4, -0.2) is 44.3 Å². The van der Waals surface area contributed by atoms with Crippen LogP contribution in [0.25, 0.3) is 0 Å².